The maximum atomic E-state index is 13.8. The van der Waals surface area contributed by atoms with Crippen LogP contribution in [0, 0.1) is 12.7 Å². The van der Waals surface area contributed by atoms with E-state index in [1.165, 1.54) is 31.4 Å². The molecule has 188 valence electrons. The van der Waals surface area contributed by atoms with Crippen LogP contribution in [-0.2, 0) is 17.8 Å². The fourth-order valence-corrected chi connectivity index (χ4v) is 4.53. The van der Waals surface area contributed by atoms with Crippen LogP contribution in [0.1, 0.15) is 46.3 Å². The molecule has 0 aromatic heterocycles. The average Bonchev–Trinajstić information content (AvgIpc) is 2.89. The van der Waals surface area contributed by atoms with Gasteiger partial charge in [0.2, 0.25) is 5.91 Å². The summed E-state index contributed by atoms with van der Waals surface area (Å²) in [7, 11) is 0. The second kappa shape index (κ2) is 12.5. The molecule has 0 unspecified atom stereocenters. The van der Waals surface area contributed by atoms with Crippen molar-refractivity contribution in [1.29, 1.82) is 0 Å². The van der Waals surface area contributed by atoms with Crippen molar-refractivity contribution in [2.45, 2.75) is 39.2 Å². The molecule has 3 aromatic carbocycles. The summed E-state index contributed by atoms with van der Waals surface area (Å²) in [6, 6.07) is 21.1. The van der Waals surface area contributed by atoms with Gasteiger partial charge in [-0.15, -0.1) is 0 Å². The standard InChI is InChI=1S/C30H34FN3O2/c1-23-8-12-26(13-9-23)30(36)34(22-25-6-5-7-27(31)20-25)28-14-10-24(11-15-28)21-29(35)32-16-19-33-17-3-2-4-18-33/h5-15,20H,2-4,16-19,21-22H2,1H3,(H,32,35). The number of piperidine rings is 1. The third kappa shape index (κ3) is 7.25. The molecule has 1 heterocycles. The van der Waals surface area contributed by atoms with Crippen molar-refractivity contribution in [3.63, 3.8) is 0 Å². The summed E-state index contributed by atoms with van der Waals surface area (Å²) in [5.41, 5.74) is 3.91. The van der Waals surface area contributed by atoms with Crippen molar-refractivity contribution in [2.24, 2.45) is 0 Å². The maximum absolute atomic E-state index is 13.8. The van der Waals surface area contributed by atoms with E-state index in [2.05, 4.69) is 10.2 Å². The molecule has 0 spiro atoms. The first-order valence-electron chi connectivity index (χ1n) is 12.7. The number of benzene rings is 3. The number of hydrogen-bond donors (Lipinski definition) is 1. The number of nitrogens with one attached hydrogen (secondary N) is 1. The molecule has 1 saturated heterocycles. The number of nitrogens with zero attached hydrogens (tertiary/aromatic N) is 2. The van der Waals surface area contributed by atoms with Crippen LogP contribution in [0.4, 0.5) is 10.1 Å². The zero-order valence-corrected chi connectivity index (χ0v) is 20.9. The molecule has 6 heteroatoms. The summed E-state index contributed by atoms with van der Waals surface area (Å²) in [4.78, 5) is 29.9. The van der Waals surface area contributed by atoms with Gasteiger partial charge in [-0.2, -0.15) is 0 Å². The number of likely N-dealkylation sites (tertiary alicyclic amines) is 1. The molecule has 2 amide bonds. The highest BCUT2D eigenvalue weighted by atomic mass is 19.1. The van der Waals surface area contributed by atoms with Gasteiger partial charge >= 0.3 is 0 Å². The Morgan fingerprint density at radius 2 is 1.64 bits per heavy atom. The topological polar surface area (TPSA) is 52.7 Å². The predicted octanol–water partition coefficient (Wildman–Crippen LogP) is 5.13. The van der Waals surface area contributed by atoms with Crippen molar-refractivity contribution < 1.29 is 14.0 Å². The van der Waals surface area contributed by atoms with Crippen LogP contribution in [0.3, 0.4) is 0 Å². The molecule has 1 aliphatic rings. The van der Waals surface area contributed by atoms with Gasteiger partial charge in [0.15, 0.2) is 0 Å². The van der Waals surface area contributed by atoms with Crippen molar-refractivity contribution in [2.75, 3.05) is 31.1 Å². The van der Waals surface area contributed by atoms with Gasteiger partial charge in [0.1, 0.15) is 5.82 Å². The van der Waals surface area contributed by atoms with E-state index in [1.807, 2.05) is 43.3 Å². The third-order valence-corrected chi connectivity index (χ3v) is 6.58. The average molecular weight is 488 g/mol. The number of hydrogen-bond acceptors (Lipinski definition) is 3. The first-order chi connectivity index (χ1) is 17.5. The Balaban J connectivity index is 1.42. The summed E-state index contributed by atoms with van der Waals surface area (Å²) < 4.78 is 13.8. The van der Waals surface area contributed by atoms with E-state index in [4.69, 9.17) is 0 Å². The molecule has 3 aromatic rings. The summed E-state index contributed by atoms with van der Waals surface area (Å²) in [5, 5.41) is 3.02. The van der Waals surface area contributed by atoms with Gasteiger partial charge in [-0.05, 0) is 80.4 Å². The van der Waals surface area contributed by atoms with Gasteiger partial charge in [0.25, 0.3) is 5.91 Å². The van der Waals surface area contributed by atoms with Gasteiger partial charge in [0, 0.05) is 24.3 Å². The molecule has 0 saturated carbocycles. The number of carbonyl (C=O) groups is 2. The first kappa shape index (κ1) is 25.6. The molecule has 0 aliphatic carbocycles. The monoisotopic (exact) mass is 487 g/mol. The third-order valence-electron chi connectivity index (χ3n) is 6.58. The minimum absolute atomic E-state index is 0.00731. The second-order valence-corrected chi connectivity index (χ2v) is 9.48. The van der Waals surface area contributed by atoms with Crippen molar-refractivity contribution in [3.05, 3.63) is 101 Å². The Kier molecular flexibility index (Phi) is 8.85. The summed E-state index contributed by atoms with van der Waals surface area (Å²) >= 11 is 0. The molecule has 1 fully saturated rings. The number of amides is 2. The van der Waals surface area contributed by atoms with Gasteiger partial charge in [-0.3, -0.25) is 9.59 Å². The number of halogens is 1. The summed E-state index contributed by atoms with van der Waals surface area (Å²) in [6.45, 7) is 5.99. The van der Waals surface area contributed by atoms with E-state index in [1.54, 1.807) is 29.2 Å². The fourth-order valence-electron chi connectivity index (χ4n) is 4.53. The molecule has 1 aliphatic heterocycles. The van der Waals surface area contributed by atoms with Gasteiger partial charge in [-0.1, -0.05) is 48.4 Å². The lowest BCUT2D eigenvalue weighted by Gasteiger charge is -2.26. The normalized spacial score (nSPS) is 13.8. The van der Waals surface area contributed by atoms with Crippen LogP contribution in [0.25, 0.3) is 0 Å². The van der Waals surface area contributed by atoms with Crippen LogP contribution < -0.4 is 10.2 Å². The SMILES string of the molecule is Cc1ccc(C(=O)N(Cc2cccc(F)c2)c2ccc(CC(=O)NCCN3CCCCC3)cc2)cc1. The highest BCUT2D eigenvalue weighted by Crippen LogP contribution is 2.22. The number of anilines is 1. The molecule has 4 rings (SSSR count). The lowest BCUT2D eigenvalue weighted by Crippen LogP contribution is -2.38. The minimum Gasteiger partial charge on any atom is -0.355 e. The van der Waals surface area contributed by atoms with Crippen LogP contribution in [0.2, 0.25) is 0 Å². The summed E-state index contributed by atoms with van der Waals surface area (Å²) in [6.07, 6.45) is 4.07. The van der Waals surface area contributed by atoms with Crippen molar-refractivity contribution in [3.8, 4) is 0 Å². The summed E-state index contributed by atoms with van der Waals surface area (Å²) in [5.74, 6) is -0.508. The lowest BCUT2D eigenvalue weighted by molar-refractivity contribution is -0.120. The van der Waals surface area contributed by atoms with E-state index < -0.39 is 0 Å². The molecule has 0 bridgehead atoms. The van der Waals surface area contributed by atoms with E-state index >= 15 is 0 Å². The smallest absolute Gasteiger partial charge is 0.258 e. The van der Waals surface area contributed by atoms with Crippen molar-refractivity contribution >= 4 is 17.5 Å². The highest BCUT2D eigenvalue weighted by molar-refractivity contribution is 6.06. The second-order valence-electron chi connectivity index (χ2n) is 9.48. The molecule has 0 radical (unpaired) electrons. The van der Waals surface area contributed by atoms with Crippen LogP contribution in [0.5, 0.6) is 0 Å². The van der Waals surface area contributed by atoms with Crippen LogP contribution in [0.15, 0.2) is 72.8 Å². The van der Waals surface area contributed by atoms with Crippen LogP contribution >= 0.6 is 0 Å². The Morgan fingerprint density at radius 1 is 0.917 bits per heavy atom. The molecular formula is C30H34FN3O2. The van der Waals surface area contributed by atoms with E-state index in [0.717, 1.165) is 30.8 Å². The first-order valence-corrected chi connectivity index (χ1v) is 12.7. The van der Waals surface area contributed by atoms with Crippen LogP contribution in [-0.4, -0.2) is 42.9 Å². The largest absolute Gasteiger partial charge is 0.355 e. The molecule has 36 heavy (non-hydrogen) atoms. The van der Waals surface area contributed by atoms with Gasteiger partial charge in [-0.25, -0.2) is 4.39 Å². The van der Waals surface area contributed by atoms with Gasteiger partial charge in [0.05, 0.1) is 13.0 Å². The molecule has 0 atom stereocenters. The highest BCUT2D eigenvalue weighted by Gasteiger charge is 2.19. The van der Waals surface area contributed by atoms with Gasteiger partial charge < -0.3 is 15.1 Å². The van der Waals surface area contributed by atoms with E-state index in [9.17, 15) is 14.0 Å². The Morgan fingerprint density at radius 3 is 2.33 bits per heavy atom. The number of carbonyl (C=O) groups excluding carboxylic acids is 2. The fraction of sp³-hybridized carbons (Fsp3) is 0.333. The minimum atomic E-state index is -0.336. The van der Waals surface area contributed by atoms with Crippen molar-refractivity contribution in [1.82, 2.24) is 10.2 Å². The Bertz CT molecular complexity index is 1160. The quantitative estimate of drug-likeness (QED) is 0.456. The molecule has 1 N–H and O–H groups in total. The number of aryl methyl sites for hydroxylation is 1. The lowest BCUT2D eigenvalue weighted by atomic mass is 10.1. The predicted molar refractivity (Wildman–Crippen MR) is 142 cm³/mol. The molecule has 5 nitrogen and oxygen atoms in total. The molecular weight excluding hydrogens is 453 g/mol. The van der Waals surface area contributed by atoms with E-state index in [0.29, 0.717) is 23.4 Å². The maximum Gasteiger partial charge on any atom is 0.258 e. The number of rotatable bonds is 9. The van der Waals surface area contributed by atoms with E-state index in [-0.39, 0.29) is 30.6 Å². The zero-order valence-electron chi connectivity index (χ0n) is 20.9. The zero-order chi connectivity index (χ0) is 25.3. The Labute approximate surface area is 212 Å². The Hall–Kier alpha value is -3.51.